The van der Waals surface area contributed by atoms with Crippen molar-refractivity contribution in [1.82, 2.24) is 0 Å². The van der Waals surface area contributed by atoms with E-state index in [0.29, 0.717) is 11.1 Å². The smallest absolute Gasteiger partial charge is 0.132 e. The summed E-state index contributed by atoms with van der Waals surface area (Å²) in [6.45, 7) is 1.45. The fourth-order valence-corrected chi connectivity index (χ4v) is 5.99. The highest BCUT2D eigenvalue weighted by Gasteiger charge is 2.25. The molecule has 2 aromatic carbocycles. The number of halogens is 2. The average Bonchev–Trinajstić information content (AvgIpc) is 2.71. The Kier molecular flexibility index (Phi) is 6.94. The number of benzene rings is 2. The summed E-state index contributed by atoms with van der Waals surface area (Å²) >= 11 is 2.99. The maximum absolute atomic E-state index is 15.0. The first-order valence-corrected chi connectivity index (χ1v) is 11.6. The first-order valence-electron chi connectivity index (χ1n) is 9.86. The second kappa shape index (κ2) is 9.61. The van der Waals surface area contributed by atoms with Crippen molar-refractivity contribution in [1.29, 1.82) is 0 Å². The lowest BCUT2D eigenvalue weighted by Gasteiger charge is -2.25. The zero-order valence-electron chi connectivity index (χ0n) is 15.7. The zero-order chi connectivity index (χ0) is 19.3. The molecule has 2 fully saturated rings. The summed E-state index contributed by atoms with van der Waals surface area (Å²) < 4.78 is 41.6. The summed E-state index contributed by atoms with van der Waals surface area (Å²) in [5.41, 5.74) is 0.633. The minimum absolute atomic E-state index is 0.0149. The number of thioether (sulfide) groups is 2. The van der Waals surface area contributed by atoms with Crippen molar-refractivity contribution < 1.29 is 18.3 Å². The van der Waals surface area contributed by atoms with E-state index in [1.165, 1.54) is 35.7 Å². The highest BCUT2D eigenvalue weighted by atomic mass is 32.2. The number of hydrogen-bond donors (Lipinski definition) is 0. The molecule has 2 unspecified atom stereocenters. The quantitative estimate of drug-likeness (QED) is 0.523. The van der Waals surface area contributed by atoms with Crippen LogP contribution in [0.2, 0.25) is 0 Å². The lowest BCUT2D eigenvalue weighted by atomic mass is 10.0. The van der Waals surface area contributed by atoms with Crippen LogP contribution < -0.4 is 0 Å². The molecule has 0 aliphatic carbocycles. The molecule has 0 saturated carbocycles. The van der Waals surface area contributed by atoms with Gasteiger partial charge in [-0.15, -0.1) is 0 Å². The number of ether oxygens (including phenoxy) is 2. The summed E-state index contributed by atoms with van der Waals surface area (Å²) in [5.74, 6) is -0.811. The van der Waals surface area contributed by atoms with Crippen LogP contribution in [-0.2, 0) is 9.47 Å². The molecule has 28 heavy (non-hydrogen) atoms. The minimum atomic E-state index is -0.405. The zero-order valence-corrected chi connectivity index (χ0v) is 17.3. The summed E-state index contributed by atoms with van der Waals surface area (Å²) in [4.78, 5) is 1.45. The maximum atomic E-state index is 15.0. The van der Waals surface area contributed by atoms with Gasteiger partial charge in [-0.1, -0.05) is 35.7 Å². The molecule has 150 valence electrons. The highest BCUT2D eigenvalue weighted by molar-refractivity contribution is 8.00. The van der Waals surface area contributed by atoms with Crippen molar-refractivity contribution in [2.24, 2.45) is 0 Å². The molecule has 2 saturated heterocycles. The molecular formula is C22H24F2O2S2. The predicted molar refractivity (Wildman–Crippen MR) is 111 cm³/mol. The Morgan fingerprint density at radius 3 is 1.54 bits per heavy atom. The van der Waals surface area contributed by atoms with Gasteiger partial charge >= 0.3 is 0 Å². The van der Waals surface area contributed by atoms with Crippen LogP contribution >= 0.6 is 23.5 Å². The van der Waals surface area contributed by atoms with E-state index in [0.717, 1.165) is 61.5 Å². The van der Waals surface area contributed by atoms with Crippen LogP contribution in [0.1, 0.15) is 38.5 Å². The van der Waals surface area contributed by atoms with Crippen LogP contribution in [0.3, 0.4) is 0 Å². The largest absolute Gasteiger partial charge is 0.367 e. The van der Waals surface area contributed by atoms with Crippen LogP contribution in [0, 0.1) is 11.6 Å². The lowest BCUT2D eigenvalue weighted by Crippen LogP contribution is -2.16. The Morgan fingerprint density at radius 2 is 1.14 bits per heavy atom. The lowest BCUT2D eigenvalue weighted by molar-refractivity contribution is 0.0727. The van der Waals surface area contributed by atoms with E-state index < -0.39 is 11.6 Å². The molecule has 0 N–H and O–H groups in total. The van der Waals surface area contributed by atoms with Crippen molar-refractivity contribution in [3.63, 3.8) is 0 Å². The second-order valence-electron chi connectivity index (χ2n) is 7.05. The van der Waals surface area contributed by atoms with Gasteiger partial charge in [-0.3, -0.25) is 0 Å². The van der Waals surface area contributed by atoms with E-state index in [1.54, 1.807) is 12.1 Å². The highest BCUT2D eigenvalue weighted by Crippen LogP contribution is 2.44. The monoisotopic (exact) mass is 422 g/mol. The van der Waals surface area contributed by atoms with Gasteiger partial charge in [0.15, 0.2) is 0 Å². The third kappa shape index (κ3) is 4.73. The van der Waals surface area contributed by atoms with Crippen LogP contribution in [0.4, 0.5) is 8.78 Å². The van der Waals surface area contributed by atoms with E-state index in [9.17, 15) is 8.78 Å². The van der Waals surface area contributed by atoms with Crippen molar-refractivity contribution in [2.45, 2.75) is 59.2 Å². The van der Waals surface area contributed by atoms with E-state index in [1.807, 2.05) is 12.1 Å². The number of rotatable bonds is 5. The van der Waals surface area contributed by atoms with Gasteiger partial charge in [0.2, 0.25) is 0 Å². The average molecular weight is 423 g/mol. The van der Waals surface area contributed by atoms with Gasteiger partial charge < -0.3 is 9.47 Å². The first kappa shape index (κ1) is 20.2. The van der Waals surface area contributed by atoms with Gasteiger partial charge in [0.05, 0.1) is 0 Å². The molecule has 2 heterocycles. The van der Waals surface area contributed by atoms with E-state index >= 15 is 0 Å². The third-order valence-corrected chi connectivity index (χ3v) is 7.45. The van der Waals surface area contributed by atoms with Crippen molar-refractivity contribution in [2.75, 3.05) is 13.2 Å². The summed E-state index contributed by atoms with van der Waals surface area (Å²) in [5, 5.41) is 0. The fourth-order valence-electron chi connectivity index (χ4n) is 3.58. The molecule has 0 radical (unpaired) electrons. The topological polar surface area (TPSA) is 18.5 Å². The molecule has 2 atom stereocenters. The maximum Gasteiger partial charge on any atom is 0.132 e. The molecule has 0 bridgehead atoms. The van der Waals surface area contributed by atoms with Crippen LogP contribution in [-0.4, -0.2) is 24.1 Å². The van der Waals surface area contributed by atoms with Crippen LogP contribution in [0.25, 0.3) is 11.1 Å². The molecule has 2 aliphatic rings. The molecule has 0 aromatic heterocycles. The summed E-state index contributed by atoms with van der Waals surface area (Å²) in [6, 6.07) is 9.89. The Labute approximate surface area is 173 Å². The molecule has 2 aliphatic heterocycles. The van der Waals surface area contributed by atoms with Gasteiger partial charge in [-0.25, -0.2) is 8.78 Å². The normalized spacial score (nSPS) is 22.9. The van der Waals surface area contributed by atoms with E-state index in [2.05, 4.69) is 0 Å². The van der Waals surface area contributed by atoms with Crippen LogP contribution in [0.15, 0.2) is 46.2 Å². The first-order chi connectivity index (χ1) is 13.7. The van der Waals surface area contributed by atoms with Crippen molar-refractivity contribution in [3.8, 4) is 11.1 Å². The minimum Gasteiger partial charge on any atom is -0.367 e. The fraction of sp³-hybridized carbons (Fsp3) is 0.455. The second-order valence-corrected chi connectivity index (χ2v) is 9.46. The Morgan fingerprint density at radius 1 is 0.679 bits per heavy atom. The van der Waals surface area contributed by atoms with Gasteiger partial charge in [-0.05, 0) is 62.8 Å². The summed E-state index contributed by atoms with van der Waals surface area (Å²) in [7, 11) is 0. The Balaban J connectivity index is 1.69. The van der Waals surface area contributed by atoms with Gasteiger partial charge in [0.25, 0.3) is 0 Å². The number of hydrogen-bond acceptors (Lipinski definition) is 4. The predicted octanol–water partition coefficient (Wildman–Crippen LogP) is 6.87. The Hall–Kier alpha value is -1.08. The molecule has 2 nitrogen and oxygen atoms in total. The Bertz CT molecular complexity index is 736. The third-order valence-electron chi connectivity index (χ3n) is 4.99. The molecule has 0 spiro atoms. The molecular weight excluding hydrogens is 398 g/mol. The van der Waals surface area contributed by atoms with E-state index in [4.69, 9.17) is 9.47 Å². The van der Waals surface area contributed by atoms with E-state index in [-0.39, 0.29) is 10.9 Å². The molecule has 2 aromatic rings. The van der Waals surface area contributed by atoms with Gasteiger partial charge in [-0.2, -0.15) is 0 Å². The molecule has 4 rings (SSSR count). The SMILES string of the molecule is Fc1cccc(SC2CCCCO2)c1-c1c(F)cccc1SC1CCCCO1. The van der Waals surface area contributed by atoms with Crippen molar-refractivity contribution >= 4 is 23.5 Å². The molecule has 6 heteroatoms. The summed E-state index contributed by atoms with van der Waals surface area (Å²) in [6.07, 6.45) is 6.17. The van der Waals surface area contributed by atoms with Gasteiger partial charge in [0, 0.05) is 34.1 Å². The standard InChI is InChI=1S/C22H24F2O2S2/c23-15-7-5-9-17(27-19-11-1-3-13-25-19)21(15)22-16(24)8-6-10-18(22)28-20-12-2-4-14-26-20/h5-10,19-20H,1-4,11-14H2. The van der Waals surface area contributed by atoms with Crippen LogP contribution in [0.5, 0.6) is 0 Å². The van der Waals surface area contributed by atoms with Crippen molar-refractivity contribution in [3.05, 3.63) is 48.0 Å². The van der Waals surface area contributed by atoms with Gasteiger partial charge in [0.1, 0.15) is 22.5 Å². The molecule has 0 amide bonds.